The maximum atomic E-state index is 12.0. The SMILES string of the molecule is CNS(=O)(=O)c1ccccc1NC1(CC(=O)O)CCC1. The van der Waals surface area contributed by atoms with E-state index in [0.717, 1.165) is 19.3 Å². The number of nitrogens with one attached hydrogen (secondary N) is 2. The summed E-state index contributed by atoms with van der Waals surface area (Å²) in [6.45, 7) is 0. The fourth-order valence-electron chi connectivity index (χ4n) is 2.44. The summed E-state index contributed by atoms with van der Waals surface area (Å²) in [6.07, 6.45) is 2.39. The molecule has 0 atom stereocenters. The first-order valence-corrected chi connectivity index (χ1v) is 7.89. The van der Waals surface area contributed by atoms with Gasteiger partial charge in [-0.15, -0.1) is 0 Å². The molecule has 1 aromatic rings. The van der Waals surface area contributed by atoms with Gasteiger partial charge in [0.25, 0.3) is 0 Å². The normalized spacial score (nSPS) is 17.2. The standard InChI is InChI=1S/C13H18N2O4S/c1-14-20(18,19)11-6-3-2-5-10(11)15-13(7-4-8-13)9-12(16)17/h2-3,5-6,14-15H,4,7-9H2,1H3,(H,16,17). The summed E-state index contributed by atoms with van der Waals surface area (Å²) >= 11 is 0. The Kier molecular flexibility index (Phi) is 4.01. The fraction of sp³-hybridized carbons (Fsp3) is 0.462. The Morgan fingerprint density at radius 3 is 2.50 bits per heavy atom. The minimum atomic E-state index is -3.57. The van der Waals surface area contributed by atoms with Crippen molar-refractivity contribution in [3.05, 3.63) is 24.3 Å². The van der Waals surface area contributed by atoms with E-state index in [9.17, 15) is 13.2 Å². The van der Waals surface area contributed by atoms with Crippen LogP contribution in [0.1, 0.15) is 25.7 Å². The van der Waals surface area contributed by atoms with E-state index in [4.69, 9.17) is 5.11 Å². The molecule has 0 unspecified atom stereocenters. The third kappa shape index (κ3) is 2.94. The average Bonchev–Trinajstić information content (AvgIpc) is 2.36. The number of sulfonamides is 1. The maximum absolute atomic E-state index is 12.0. The van der Waals surface area contributed by atoms with Crippen LogP contribution >= 0.6 is 0 Å². The summed E-state index contributed by atoms with van der Waals surface area (Å²) < 4.78 is 26.2. The van der Waals surface area contributed by atoms with E-state index in [2.05, 4.69) is 10.0 Å². The summed E-state index contributed by atoms with van der Waals surface area (Å²) in [6, 6.07) is 6.53. The maximum Gasteiger partial charge on any atom is 0.305 e. The Hall–Kier alpha value is -1.60. The van der Waals surface area contributed by atoms with Crippen molar-refractivity contribution in [2.45, 2.75) is 36.1 Å². The molecule has 0 aliphatic heterocycles. The molecule has 0 spiro atoms. The van der Waals surface area contributed by atoms with Gasteiger partial charge in [-0.25, -0.2) is 13.1 Å². The number of carbonyl (C=O) groups is 1. The lowest BCUT2D eigenvalue weighted by atomic mass is 9.74. The zero-order valence-corrected chi connectivity index (χ0v) is 12.0. The van der Waals surface area contributed by atoms with E-state index in [1.54, 1.807) is 18.2 Å². The minimum Gasteiger partial charge on any atom is -0.481 e. The van der Waals surface area contributed by atoms with Crippen molar-refractivity contribution in [3.63, 3.8) is 0 Å². The molecule has 0 radical (unpaired) electrons. The van der Waals surface area contributed by atoms with Crippen LogP contribution in [-0.2, 0) is 14.8 Å². The molecular formula is C13H18N2O4S. The van der Waals surface area contributed by atoms with Crippen molar-refractivity contribution >= 4 is 21.7 Å². The number of hydrogen-bond acceptors (Lipinski definition) is 4. The van der Waals surface area contributed by atoms with Crippen LogP contribution in [0.2, 0.25) is 0 Å². The first kappa shape index (κ1) is 14.8. The second-order valence-electron chi connectivity index (χ2n) is 5.03. The second kappa shape index (κ2) is 5.41. The van der Waals surface area contributed by atoms with E-state index in [1.165, 1.54) is 13.1 Å². The van der Waals surface area contributed by atoms with Crippen molar-refractivity contribution in [1.82, 2.24) is 4.72 Å². The Labute approximate surface area is 118 Å². The molecule has 0 amide bonds. The second-order valence-corrected chi connectivity index (χ2v) is 6.89. The summed E-state index contributed by atoms with van der Waals surface area (Å²) in [5.41, 5.74) is -0.0895. The quantitative estimate of drug-likeness (QED) is 0.738. The number of benzene rings is 1. The van der Waals surface area contributed by atoms with E-state index in [0.29, 0.717) is 5.69 Å². The molecule has 6 nitrogen and oxygen atoms in total. The molecule has 0 heterocycles. The summed E-state index contributed by atoms with van der Waals surface area (Å²) in [5.74, 6) is -0.883. The smallest absolute Gasteiger partial charge is 0.305 e. The Bertz CT molecular complexity index is 609. The zero-order chi connectivity index (χ0) is 14.8. The molecule has 0 saturated heterocycles. The van der Waals surface area contributed by atoms with Crippen LogP contribution in [0.25, 0.3) is 0 Å². The van der Waals surface area contributed by atoms with E-state index < -0.39 is 21.5 Å². The number of carboxylic acids is 1. The molecule has 1 aliphatic carbocycles. The number of rotatable bonds is 6. The van der Waals surface area contributed by atoms with Crippen molar-refractivity contribution in [1.29, 1.82) is 0 Å². The zero-order valence-electron chi connectivity index (χ0n) is 11.2. The topological polar surface area (TPSA) is 95.5 Å². The molecular weight excluding hydrogens is 280 g/mol. The molecule has 1 saturated carbocycles. The van der Waals surface area contributed by atoms with Crippen LogP contribution < -0.4 is 10.0 Å². The lowest BCUT2D eigenvalue weighted by molar-refractivity contribution is -0.138. The minimum absolute atomic E-state index is 0.0130. The Balaban J connectivity index is 2.32. The lowest BCUT2D eigenvalue weighted by Gasteiger charge is -2.42. The van der Waals surface area contributed by atoms with Gasteiger partial charge in [0, 0.05) is 5.54 Å². The van der Waals surface area contributed by atoms with Gasteiger partial charge in [0.1, 0.15) is 4.90 Å². The van der Waals surface area contributed by atoms with Gasteiger partial charge >= 0.3 is 5.97 Å². The number of para-hydroxylation sites is 1. The van der Waals surface area contributed by atoms with Crippen LogP contribution in [0, 0.1) is 0 Å². The van der Waals surface area contributed by atoms with Crippen molar-refractivity contribution in [2.75, 3.05) is 12.4 Å². The first-order valence-electron chi connectivity index (χ1n) is 6.41. The van der Waals surface area contributed by atoms with Crippen LogP contribution in [0.5, 0.6) is 0 Å². The highest BCUT2D eigenvalue weighted by molar-refractivity contribution is 7.89. The Morgan fingerprint density at radius 1 is 1.35 bits per heavy atom. The van der Waals surface area contributed by atoms with Crippen molar-refractivity contribution < 1.29 is 18.3 Å². The number of anilines is 1. The monoisotopic (exact) mass is 298 g/mol. The van der Waals surface area contributed by atoms with Gasteiger partial charge < -0.3 is 10.4 Å². The molecule has 2 rings (SSSR count). The average molecular weight is 298 g/mol. The molecule has 3 N–H and O–H groups in total. The third-order valence-electron chi connectivity index (χ3n) is 3.65. The number of aliphatic carboxylic acids is 1. The van der Waals surface area contributed by atoms with Crippen molar-refractivity contribution in [3.8, 4) is 0 Å². The van der Waals surface area contributed by atoms with Gasteiger partial charge in [0.05, 0.1) is 12.1 Å². The van der Waals surface area contributed by atoms with Gasteiger partial charge in [-0.1, -0.05) is 12.1 Å². The third-order valence-corrected chi connectivity index (χ3v) is 5.12. The number of hydrogen-bond donors (Lipinski definition) is 3. The molecule has 20 heavy (non-hydrogen) atoms. The van der Waals surface area contributed by atoms with Gasteiger partial charge in [-0.05, 0) is 38.4 Å². The summed E-state index contributed by atoms with van der Waals surface area (Å²) in [7, 11) is -2.22. The molecule has 7 heteroatoms. The first-order chi connectivity index (χ1) is 9.38. The highest BCUT2D eigenvalue weighted by atomic mass is 32.2. The van der Waals surface area contributed by atoms with E-state index in [-0.39, 0.29) is 11.3 Å². The summed E-state index contributed by atoms with van der Waals surface area (Å²) in [5, 5.41) is 12.1. The predicted octanol–water partition coefficient (Wildman–Crippen LogP) is 1.40. The van der Waals surface area contributed by atoms with Crippen LogP contribution in [0.3, 0.4) is 0 Å². The summed E-state index contributed by atoms with van der Waals surface area (Å²) in [4.78, 5) is 11.1. The highest BCUT2D eigenvalue weighted by Crippen LogP contribution is 2.39. The molecule has 1 fully saturated rings. The van der Waals surface area contributed by atoms with E-state index >= 15 is 0 Å². The molecule has 1 aromatic carbocycles. The van der Waals surface area contributed by atoms with Gasteiger partial charge in [0.15, 0.2) is 0 Å². The van der Waals surface area contributed by atoms with E-state index in [1.807, 2.05) is 0 Å². The molecule has 0 aromatic heterocycles. The van der Waals surface area contributed by atoms with Gasteiger partial charge in [-0.2, -0.15) is 0 Å². The Morgan fingerprint density at radius 2 is 2.00 bits per heavy atom. The van der Waals surface area contributed by atoms with Gasteiger partial charge in [-0.3, -0.25) is 4.79 Å². The number of carboxylic acid groups (broad SMARTS) is 1. The van der Waals surface area contributed by atoms with Gasteiger partial charge in [0.2, 0.25) is 10.0 Å². The van der Waals surface area contributed by atoms with Crippen molar-refractivity contribution in [2.24, 2.45) is 0 Å². The molecule has 0 bridgehead atoms. The fourth-order valence-corrected chi connectivity index (χ4v) is 3.33. The predicted molar refractivity (Wildman–Crippen MR) is 75.1 cm³/mol. The highest BCUT2D eigenvalue weighted by Gasteiger charge is 2.39. The molecule has 1 aliphatic rings. The largest absolute Gasteiger partial charge is 0.481 e. The van der Waals surface area contributed by atoms with Crippen LogP contribution in [0.4, 0.5) is 5.69 Å². The molecule has 110 valence electrons. The van der Waals surface area contributed by atoms with Crippen LogP contribution in [0.15, 0.2) is 29.2 Å². The lowest BCUT2D eigenvalue weighted by Crippen LogP contribution is -2.47. The van der Waals surface area contributed by atoms with Crippen LogP contribution in [-0.4, -0.2) is 32.1 Å².